The highest BCUT2D eigenvalue weighted by atomic mass is 16.8. The summed E-state index contributed by atoms with van der Waals surface area (Å²) < 4.78 is 0.465. The normalized spacial score (nSPS) is 23.8. The zero-order chi connectivity index (χ0) is 7.19. The number of nitrogens with zero attached hydrogens (tertiary/aromatic N) is 1. The molecule has 0 bridgehead atoms. The van der Waals surface area contributed by atoms with Crippen LogP contribution in [0.4, 0.5) is 0 Å². The van der Waals surface area contributed by atoms with Crippen LogP contribution in [-0.4, -0.2) is 18.7 Å². The number of quaternary nitrogens is 1. The molecule has 1 heterocycles. The van der Waals surface area contributed by atoms with E-state index in [4.69, 9.17) is 4.84 Å². The zero-order valence-corrected chi connectivity index (χ0v) is 6.01. The van der Waals surface area contributed by atoms with Gasteiger partial charge in [0.1, 0.15) is 14.1 Å². The van der Waals surface area contributed by atoms with E-state index < -0.39 is 0 Å². The molecule has 0 aromatic rings. The first-order valence-corrected chi connectivity index (χ1v) is 3.17. The third kappa shape index (κ3) is 0.529. The van der Waals surface area contributed by atoms with Crippen molar-refractivity contribution in [2.75, 3.05) is 14.1 Å². The van der Waals surface area contributed by atoms with Crippen LogP contribution in [0.5, 0.6) is 0 Å². The highest BCUT2D eigenvalue weighted by Crippen LogP contribution is 2.34. The van der Waals surface area contributed by atoms with Gasteiger partial charge in [0.15, 0.2) is 0 Å². The first kappa shape index (κ1) is 5.57. The standard InChI is InChI=1S/C8H8NO/c1-9(2)7-5-3-4-6-8(7)10-9/h4,6H,1-2H3/q+1. The van der Waals surface area contributed by atoms with E-state index in [9.17, 15) is 0 Å². The molecule has 2 rings (SSSR count). The van der Waals surface area contributed by atoms with Crippen molar-refractivity contribution in [2.24, 2.45) is 0 Å². The number of allylic oxidation sites excluding steroid dienone is 2. The first-order valence-electron chi connectivity index (χ1n) is 3.17. The average Bonchev–Trinajstić information content (AvgIpc) is 1.86. The van der Waals surface area contributed by atoms with Gasteiger partial charge in [-0.05, 0) is 6.08 Å². The summed E-state index contributed by atoms with van der Waals surface area (Å²) in [5, 5.41) is 0. The summed E-state index contributed by atoms with van der Waals surface area (Å²) >= 11 is 0. The molecule has 0 amide bonds. The quantitative estimate of drug-likeness (QED) is 0.356. The second kappa shape index (κ2) is 1.44. The average molecular weight is 134 g/mol. The van der Waals surface area contributed by atoms with Gasteiger partial charge in [-0.15, -0.1) is 0 Å². The molecule has 0 aromatic carbocycles. The van der Waals surface area contributed by atoms with Gasteiger partial charge in [-0.1, -0.05) is 10.4 Å². The van der Waals surface area contributed by atoms with Crippen molar-refractivity contribution >= 4 is 0 Å². The van der Waals surface area contributed by atoms with Crippen molar-refractivity contribution in [3.05, 3.63) is 35.1 Å². The van der Waals surface area contributed by atoms with E-state index in [1.165, 1.54) is 0 Å². The van der Waals surface area contributed by atoms with Crippen LogP contribution in [0.15, 0.2) is 35.1 Å². The molecule has 2 aliphatic rings. The lowest BCUT2D eigenvalue weighted by Gasteiger charge is -2.37. The predicted octanol–water partition coefficient (Wildman–Crippen LogP) is 1.10. The van der Waals surface area contributed by atoms with E-state index in [0.717, 1.165) is 11.5 Å². The molecule has 0 atom stereocenters. The van der Waals surface area contributed by atoms with E-state index in [1.54, 1.807) is 6.08 Å². The van der Waals surface area contributed by atoms with Crippen LogP contribution in [0.2, 0.25) is 0 Å². The fourth-order valence-corrected chi connectivity index (χ4v) is 1.09. The summed E-state index contributed by atoms with van der Waals surface area (Å²) in [5.74, 6) is 0.920. The number of hydrogen-bond acceptors (Lipinski definition) is 1. The summed E-state index contributed by atoms with van der Waals surface area (Å²) in [7, 11) is 3.93. The summed E-state index contributed by atoms with van der Waals surface area (Å²) in [4.78, 5) is 5.36. The molecule has 2 heteroatoms. The van der Waals surface area contributed by atoms with Crippen molar-refractivity contribution < 1.29 is 9.48 Å². The molecular weight excluding hydrogens is 126 g/mol. The Morgan fingerprint density at radius 3 is 2.80 bits per heavy atom. The third-order valence-electron chi connectivity index (χ3n) is 1.61. The maximum Gasteiger partial charge on any atom is 0.275 e. The SMILES string of the molecule is C[N+]1(C)OC2=CC=C=C=C21. The van der Waals surface area contributed by atoms with Gasteiger partial charge in [0.05, 0.1) is 0 Å². The van der Waals surface area contributed by atoms with E-state index in [-0.39, 0.29) is 0 Å². The summed E-state index contributed by atoms with van der Waals surface area (Å²) in [6, 6.07) is 0. The van der Waals surface area contributed by atoms with Crippen molar-refractivity contribution in [2.45, 2.75) is 0 Å². The molecule has 50 valence electrons. The summed E-state index contributed by atoms with van der Waals surface area (Å²) in [6.07, 6.45) is 3.70. The number of hydrogen-bond donors (Lipinski definition) is 0. The minimum Gasteiger partial charge on any atom is -0.302 e. The minimum absolute atomic E-state index is 0.465. The number of likely N-dealkylation sites (N-methyl/N-ethyl adjacent to an activating group) is 1. The summed E-state index contributed by atoms with van der Waals surface area (Å²) in [6.45, 7) is 0. The Morgan fingerprint density at radius 2 is 2.30 bits per heavy atom. The molecule has 0 spiro atoms. The number of rotatable bonds is 0. The van der Waals surface area contributed by atoms with Gasteiger partial charge in [0, 0.05) is 11.8 Å². The van der Waals surface area contributed by atoms with E-state index in [0.29, 0.717) is 4.65 Å². The number of hydroxylamine groups is 3. The largest absolute Gasteiger partial charge is 0.302 e. The fourth-order valence-electron chi connectivity index (χ4n) is 1.09. The Hall–Kier alpha value is -1.20. The molecule has 10 heavy (non-hydrogen) atoms. The van der Waals surface area contributed by atoms with Gasteiger partial charge in [0.25, 0.3) is 11.5 Å². The number of fused-ring (bicyclic) bond motifs is 1. The van der Waals surface area contributed by atoms with Crippen molar-refractivity contribution in [3.63, 3.8) is 0 Å². The van der Waals surface area contributed by atoms with Crippen molar-refractivity contribution in [3.8, 4) is 0 Å². The van der Waals surface area contributed by atoms with Gasteiger partial charge in [-0.3, -0.25) is 0 Å². The van der Waals surface area contributed by atoms with Gasteiger partial charge in [-0.25, -0.2) is 0 Å². The maximum absolute atomic E-state index is 5.36. The summed E-state index contributed by atoms with van der Waals surface area (Å²) in [5.41, 5.74) is 6.96. The first-order chi connectivity index (χ1) is 4.70. The Labute approximate surface area is 59.6 Å². The monoisotopic (exact) mass is 134 g/mol. The van der Waals surface area contributed by atoms with E-state index in [2.05, 4.69) is 11.5 Å². The van der Waals surface area contributed by atoms with Gasteiger partial charge in [-0.2, -0.15) is 0 Å². The lowest BCUT2D eigenvalue weighted by atomic mass is 10.2. The molecule has 0 radical (unpaired) electrons. The Morgan fingerprint density at radius 1 is 1.50 bits per heavy atom. The second-order valence-electron chi connectivity index (χ2n) is 2.76. The van der Waals surface area contributed by atoms with Gasteiger partial charge in [0.2, 0.25) is 0 Å². The van der Waals surface area contributed by atoms with Crippen LogP contribution in [0.25, 0.3) is 0 Å². The molecule has 1 fully saturated rings. The molecular formula is C8H8NO+. The van der Waals surface area contributed by atoms with Crippen LogP contribution < -0.4 is 0 Å². The van der Waals surface area contributed by atoms with Crippen molar-refractivity contribution in [1.29, 1.82) is 0 Å². The fraction of sp³-hybridized carbons (Fsp3) is 0.250. The molecule has 0 N–H and O–H groups in total. The smallest absolute Gasteiger partial charge is 0.275 e. The second-order valence-corrected chi connectivity index (χ2v) is 2.76. The van der Waals surface area contributed by atoms with E-state index in [1.807, 2.05) is 20.2 Å². The zero-order valence-electron chi connectivity index (χ0n) is 6.01. The highest BCUT2D eigenvalue weighted by Gasteiger charge is 2.43. The Bertz CT molecular complexity index is 310. The van der Waals surface area contributed by atoms with Crippen molar-refractivity contribution in [1.82, 2.24) is 0 Å². The predicted molar refractivity (Wildman–Crippen MR) is 36.4 cm³/mol. The maximum atomic E-state index is 5.36. The topological polar surface area (TPSA) is 9.23 Å². The molecule has 0 aromatic heterocycles. The van der Waals surface area contributed by atoms with E-state index >= 15 is 0 Å². The van der Waals surface area contributed by atoms with Crippen LogP contribution in [0.3, 0.4) is 0 Å². The third-order valence-corrected chi connectivity index (χ3v) is 1.61. The molecule has 2 nitrogen and oxygen atoms in total. The highest BCUT2D eigenvalue weighted by molar-refractivity contribution is 5.30. The lowest BCUT2D eigenvalue weighted by molar-refractivity contribution is -1.07. The van der Waals surface area contributed by atoms with Crippen LogP contribution in [0, 0.1) is 0 Å². The molecule has 1 aliphatic carbocycles. The van der Waals surface area contributed by atoms with Gasteiger partial charge < -0.3 is 4.84 Å². The molecule has 0 unspecified atom stereocenters. The Balaban J connectivity index is 2.55. The van der Waals surface area contributed by atoms with Crippen LogP contribution in [0.1, 0.15) is 0 Å². The lowest BCUT2D eigenvalue weighted by Crippen LogP contribution is -2.48. The van der Waals surface area contributed by atoms with Crippen LogP contribution >= 0.6 is 0 Å². The minimum atomic E-state index is 0.465. The van der Waals surface area contributed by atoms with Crippen LogP contribution in [-0.2, 0) is 4.84 Å². The molecule has 1 saturated heterocycles. The Kier molecular flexibility index (Phi) is 0.805. The molecule has 0 saturated carbocycles. The van der Waals surface area contributed by atoms with Gasteiger partial charge >= 0.3 is 0 Å². The molecule has 1 aliphatic heterocycles.